The van der Waals surface area contributed by atoms with Crippen LogP contribution in [0.25, 0.3) is 0 Å². The molecule has 98 valence electrons. The lowest BCUT2D eigenvalue weighted by Gasteiger charge is -2.11. The molecule has 0 saturated heterocycles. The van der Waals surface area contributed by atoms with Crippen molar-refractivity contribution in [3.8, 4) is 0 Å². The van der Waals surface area contributed by atoms with Gasteiger partial charge in [-0.1, -0.05) is 18.2 Å². The predicted octanol–water partition coefficient (Wildman–Crippen LogP) is 3.90. The lowest BCUT2D eigenvalue weighted by Crippen LogP contribution is -2.15. The summed E-state index contributed by atoms with van der Waals surface area (Å²) in [6.07, 6.45) is 0. The lowest BCUT2D eigenvalue weighted by atomic mass is 10.2. The summed E-state index contributed by atoms with van der Waals surface area (Å²) in [5.41, 5.74) is -0.379. The van der Waals surface area contributed by atoms with Gasteiger partial charge < -0.3 is 5.32 Å². The van der Waals surface area contributed by atoms with E-state index in [1.54, 1.807) is 18.2 Å². The Morgan fingerprint density at radius 3 is 2.00 bits per heavy atom. The first kappa shape index (κ1) is 13.5. The minimum absolute atomic E-state index is 0.316. The molecule has 0 aliphatic rings. The molecule has 0 atom stereocenters. The minimum Gasteiger partial charge on any atom is -0.352 e. The van der Waals surface area contributed by atoms with Crippen molar-refractivity contribution in [2.45, 2.75) is 0 Å². The number of benzene rings is 2. The molecule has 0 fully saturated rings. The molecule has 1 N–H and O–H groups in total. The van der Waals surface area contributed by atoms with Crippen LogP contribution in [-0.4, -0.2) is 0 Å². The molecule has 0 heterocycles. The molecule has 0 unspecified atom stereocenters. The average molecular weight is 287 g/mol. The molecule has 0 bridgehead atoms. The Morgan fingerprint density at radius 2 is 1.42 bits per heavy atom. The van der Waals surface area contributed by atoms with E-state index in [1.807, 2.05) is 0 Å². The van der Waals surface area contributed by atoms with Crippen molar-refractivity contribution < 1.29 is 22.1 Å². The fraction of sp³-hybridized carbons (Fsp3) is 0. The molecule has 2 aromatic carbocycles. The van der Waals surface area contributed by atoms with Crippen molar-refractivity contribution in [3.05, 3.63) is 53.6 Å². The van der Waals surface area contributed by atoms with Crippen molar-refractivity contribution in [2.24, 2.45) is 0 Å². The van der Waals surface area contributed by atoms with Gasteiger partial charge in [-0.25, -0.2) is 17.6 Å². The maximum absolute atomic E-state index is 13.6. The summed E-state index contributed by atoms with van der Waals surface area (Å²) in [5, 5.41) is 1.57. The summed E-state index contributed by atoms with van der Waals surface area (Å²) in [6, 6.07) is 7.89. The average Bonchev–Trinajstić information content (AvgIpc) is 2.44. The highest BCUT2D eigenvalue weighted by Crippen LogP contribution is 2.26. The highest BCUT2D eigenvalue weighted by atomic mass is 31.1. The van der Waals surface area contributed by atoms with E-state index in [2.05, 4.69) is 5.32 Å². The second-order valence-corrected chi connectivity index (χ2v) is 4.19. The van der Waals surface area contributed by atoms with Gasteiger partial charge in [0.15, 0.2) is 31.7 Å². The van der Waals surface area contributed by atoms with Gasteiger partial charge in [0.2, 0.25) is 0 Å². The number of halogens is 4. The van der Waals surface area contributed by atoms with Crippen molar-refractivity contribution >= 4 is 25.1 Å². The third-order valence-corrected chi connectivity index (χ3v) is 2.98. The first-order chi connectivity index (χ1) is 9.06. The number of rotatable bonds is 3. The molecule has 19 heavy (non-hydrogen) atoms. The second-order valence-electron chi connectivity index (χ2n) is 3.56. The van der Waals surface area contributed by atoms with Crippen LogP contribution in [0.3, 0.4) is 0 Å². The monoisotopic (exact) mass is 287 g/mol. The van der Waals surface area contributed by atoms with Crippen LogP contribution in [0.15, 0.2) is 30.3 Å². The fourth-order valence-electron chi connectivity index (χ4n) is 1.49. The van der Waals surface area contributed by atoms with E-state index in [4.69, 9.17) is 0 Å². The van der Waals surface area contributed by atoms with Crippen LogP contribution in [0.2, 0.25) is 0 Å². The summed E-state index contributed by atoms with van der Waals surface area (Å²) in [4.78, 5) is 0. The van der Waals surface area contributed by atoms with Crippen LogP contribution in [0.1, 0.15) is 0 Å². The summed E-state index contributed by atoms with van der Waals surface area (Å²) in [5.74, 6) is -7.26. The molecule has 0 amide bonds. The zero-order chi connectivity index (χ0) is 14.0. The molecular weight excluding hydrogens is 281 g/mol. The van der Waals surface area contributed by atoms with E-state index in [0.717, 1.165) is 0 Å². The smallest absolute Gasteiger partial charge is 0.199 e. The molecule has 0 radical (unpaired) electrons. The van der Waals surface area contributed by atoms with E-state index >= 15 is 0 Å². The Bertz CT molecular complexity index is 634. The van der Waals surface area contributed by atoms with E-state index < -0.39 is 42.7 Å². The second kappa shape index (κ2) is 5.36. The zero-order valence-corrected chi connectivity index (χ0v) is 10.1. The third kappa shape index (κ3) is 2.44. The van der Waals surface area contributed by atoms with E-state index in [9.17, 15) is 22.1 Å². The maximum atomic E-state index is 13.6. The third-order valence-electron chi connectivity index (χ3n) is 2.38. The molecule has 0 aromatic heterocycles. The zero-order valence-electron chi connectivity index (χ0n) is 9.25. The SMILES string of the molecule is O=Pc1c(F)c(F)c(F)c(F)c1Nc1ccccc1. The summed E-state index contributed by atoms with van der Waals surface area (Å²) < 4.78 is 63.9. The van der Waals surface area contributed by atoms with E-state index in [-0.39, 0.29) is 0 Å². The van der Waals surface area contributed by atoms with Gasteiger partial charge in [-0.05, 0) is 12.1 Å². The molecule has 2 aromatic rings. The normalized spacial score (nSPS) is 10.7. The van der Waals surface area contributed by atoms with E-state index in [1.165, 1.54) is 12.1 Å². The standard InChI is InChI=1S/C12H6F4NOP/c13-7-8(14)10(16)12(19-18)11(9(7)15)17-6-4-2-1-3-5-6/h1-5,17H. The molecule has 7 heteroatoms. The van der Waals surface area contributed by atoms with Gasteiger partial charge in [-0.15, -0.1) is 0 Å². The number of anilines is 2. The largest absolute Gasteiger partial charge is 0.352 e. The number of nitrogens with one attached hydrogen (secondary N) is 1. The van der Waals surface area contributed by atoms with Gasteiger partial charge in [0.05, 0.1) is 5.69 Å². The molecule has 0 spiro atoms. The topological polar surface area (TPSA) is 29.1 Å². The molecule has 2 nitrogen and oxygen atoms in total. The van der Waals surface area contributed by atoms with Gasteiger partial charge in [-0.2, -0.15) is 0 Å². The molecule has 0 aliphatic carbocycles. The molecule has 0 saturated carbocycles. The van der Waals surface area contributed by atoms with Gasteiger partial charge >= 0.3 is 0 Å². The Morgan fingerprint density at radius 1 is 0.842 bits per heavy atom. The van der Waals surface area contributed by atoms with Gasteiger partial charge in [-0.3, -0.25) is 4.57 Å². The van der Waals surface area contributed by atoms with Crippen molar-refractivity contribution in [1.82, 2.24) is 0 Å². The Balaban J connectivity index is 2.59. The maximum Gasteiger partial charge on any atom is 0.199 e. The van der Waals surface area contributed by atoms with Crippen molar-refractivity contribution in [3.63, 3.8) is 0 Å². The van der Waals surface area contributed by atoms with Gasteiger partial charge in [0.25, 0.3) is 0 Å². The highest BCUT2D eigenvalue weighted by molar-refractivity contribution is 7.34. The van der Waals surface area contributed by atoms with E-state index in [0.29, 0.717) is 5.69 Å². The van der Waals surface area contributed by atoms with Crippen LogP contribution < -0.4 is 10.6 Å². The lowest BCUT2D eigenvalue weighted by molar-refractivity contribution is 0.414. The Hall–Kier alpha value is -1.94. The summed E-state index contributed by atoms with van der Waals surface area (Å²) in [6.45, 7) is 0. The Kier molecular flexibility index (Phi) is 3.81. The van der Waals surface area contributed by atoms with Crippen molar-refractivity contribution in [2.75, 3.05) is 5.32 Å². The first-order valence-corrected chi connectivity index (χ1v) is 5.89. The highest BCUT2D eigenvalue weighted by Gasteiger charge is 2.25. The molecule has 2 rings (SSSR count). The van der Waals surface area contributed by atoms with Crippen molar-refractivity contribution in [1.29, 1.82) is 0 Å². The number of hydrogen-bond acceptors (Lipinski definition) is 2. The molecular formula is C12H6F4NOP. The molecule has 0 aliphatic heterocycles. The Labute approximate surface area is 107 Å². The number of para-hydroxylation sites is 1. The summed E-state index contributed by atoms with van der Waals surface area (Å²) >= 11 is 0. The van der Waals surface area contributed by atoms with Crippen LogP contribution in [-0.2, 0) is 4.57 Å². The summed E-state index contributed by atoms with van der Waals surface area (Å²) in [7, 11) is -0.961. The minimum atomic E-state index is -1.99. The quantitative estimate of drug-likeness (QED) is 0.401. The van der Waals surface area contributed by atoms with Crippen LogP contribution >= 0.6 is 8.46 Å². The van der Waals surface area contributed by atoms with Crippen LogP contribution in [0, 0.1) is 23.3 Å². The van der Waals surface area contributed by atoms with Crippen LogP contribution in [0.5, 0.6) is 0 Å². The van der Waals surface area contributed by atoms with Gasteiger partial charge in [0.1, 0.15) is 5.30 Å². The van der Waals surface area contributed by atoms with Crippen LogP contribution in [0.4, 0.5) is 28.9 Å². The number of hydrogen-bond donors (Lipinski definition) is 1. The first-order valence-electron chi connectivity index (χ1n) is 5.07. The van der Waals surface area contributed by atoms with Gasteiger partial charge in [0, 0.05) is 5.69 Å². The fourth-order valence-corrected chi connectivity index (χ4v) is 1.91. The predicted molar refractivity (Wildman–Crippen MR) is 63.2 cm³/mol.